The largest absolute Gasteiger partial charge is 0.497 e. The second-order valence-corrected chi connectivity index (χ2v) is 6.13. The van der Waals surface area contributed by atoms with Crippen LogP contribution in [0.15, 0.2) is 34.7 Å². The highest BCUT2D eigenvalue weighted by molar-refractivity contribution is 5.76. The minimum atomic E-state index is -0.0668. The van der Waals surface area contributed by atoms with Crippen molar-refractivity contribution in [3.05, 3.63) is 53.2 Å². The van der Waals surface area contributed by atoms with E-state index in [1.165, 1.54) is 0 Å². The Balaban J connectivity index is 1.68. The molecule has 1 N–H and O–H groups in total. The van der Waals surface area contributed by atoms with Crippen LogP contribution in [0.2, 0.25) is 0 Å². The van der Waals surface area contributed by atoms with Gasteiger partial charge in [0.05, 0.1) is 12.7 Å². The van der Waals surface area contributed by atoms with E-state index in [1.54, 1.807) is 14.0 Å². The smallest absolute Gasteiger partial charge is 0.249 e. The van der Waals surface area contributed by atoms with Crippen LogP contribution < -0.4 is 10.1 Å². The zero-order chi connectivity index (χ0) is 18.7. The number of hydrogen-bond acceptors (Lipinski definition) is 5. The van der Waals surface area contributed by atoms with Gasteiger partial charge in [0.2, 0.25) is 17.7 Å². The van der Waals surface area contributed by atoms with Crippen LogP contribution in [0.4, 0.5) is 0 Å². The normalized spacial score (nSPS) is 10.8. The lowest BCUT2D eigenvalue weighted by Gasteiger charge is -2.11. The van der Waals surface area contributed by atoms with Gasteiger partial charge in [-0.2, -0.15) is 0 Å². The molecule has 1 amide bonds. The van der Waals surface area contributed by atoms with Crippen LogP contribution in [-0.2, 0) is 17.9 Å². The molecule has 0 bridgehead atoms. The number of amides is 1. The third-order valence-corrected chi connectivity index (χ3v) is 4.26. The SMILES string of the molecule is COc1cccc(CNC(=O)Cn2c(C)cc(-c3nnc(C)o3)c2C)c1. The third kappa shape index (κ3) is 3.77. The summed E-state index contributed by atoms with van der Waals surface area (Å²) in [6.45, 7) is 6.33. The van der Waals surface area contributed by atoms with Gasteiger partial charge in [0, 0.05) is 24.9 Å². The molecule has 0 aliphatic carbocycles. The van der Waals surface area contributed by atoms with Crippen molar-refractivity contribution in [2.45, 2.75) is 33.9 Å². The number of ether oxygens (including phenoxy) is 1. The highest BCUT2D eigenvalue weighted by Crippen LogP contribution is 2.25. The summed E-state index contributed by atoms with van der Waals surface area (Å²) in [7, 11) is 1.62. The molecule has 3 aromatic rings. The lowest BCUT2D eigenvalue weighted by atomic mass is 10.2. The molecule has 0 aliphatic heterocycles. The standard InChI is InChI=1S/C19H22N4O3/c1-12-8-17(19-22-21-14(3)26-19)13(2)23(12)11-18(24)20-10-15-6-5-7-16(9-15)25-4/h5-9H,10-11H2,1-4H3,(H,20,24). The van der Waals surface area contributed by atoms with E-state index >= 15 is 0 Å². The van der Waals surface area contributed by atoms with Crippen molar-refractivity contribution in [2.24, 2.45) is 0 Å². The summed E-state index contributed by atoms with van der Waals surface area (Å²) in [5.41, 5.74) is 3.72. The molecule has 1 aromatic carbocycles. The number of nitrogens with zero attached hydrogens (tertiary/aromatic N) is 3. The molecule has 2 heterocycles. The number of aryl methyl sites for hydroxylation is 2. The van der Waals surface area contributed by atoms with Gasteiger partial charge in [-0.25, -0.2) is 0 Å². The minimum Gasteiger partial charge on any atom is -0.497 e. The zero-order valence-electron chi connectivity index (χ0n) is 15.4. The Hall–Kier alpha value is -3.09. The fourth-order valence-electron chi connectivity index (χ4n) is 2.85. The zero-order valence-corrected chi connectivity index (χ0v) is 15.4. The molecule has 136 valence electrons. The monoisotopic (exact) mass is 354 g/mol. The Labute approximate surface area is 152 Å². The first-order valence-corrected chi connectivity index (χ1v) is 8.34. The Kier molecular flexibility index (Phi) is 5.06. The van der Waals surface area contributed by atoms with E-state index in [9.17, 15) is 4.79 Å². The molecule has 0 radical (unpaired) electrons. The van der Waals surface area contributed by atoms with Gasteiger partial charge in [-0.1, -0.05) is 12.1 Å². The van der Waals surface area contributed by atoms with E-state index in [0.29, 0.717) is 18.3 Å². The van der Waals surface area contributed by atoms with Crippen molar-refractivity contribution in [3.63, 3.8) is 0 Å². The van der Waals surface area contributed by atoms with Crippen molar-refractivity contribution in [2.75, 3.05) is 7.11 Å². The number of hydrogen-bond donors (Lipinski definition) is 1. The molecule has 2 aromatic heterocycles. The fourth-order valence-corrected chi connectivity index (χ4v) is 2.85. The average molecular weight is 354 g/mol. The molecule has 0 saturated heterocycles. The summed E-state index contributed by atoms with van der Waals surface area (Å²) < 4.78 is 12.6. The van der Waals surface area contributed by atoms with Crippen LogP contribution in [0, 0.1) is 20.8 Å². The topological polar surface area (TPSA) is 82.2 Å². The van der Waals surface area contributed by atoms with Gasteiger partial charge in [-0.3, -0.25) is 4.79 Å². The first kappa shape index (κ1) is 17.7. The van der Waals surface area contributed by atoms with Crippen LogP contribution in [0.3, 0.4) is 0 Å². The molecular weight excluding hydrogens is 332 g/mol. The van der Waals surface area contributed by atoms with Crippen LogP contribution in [0.1, 0.15) is 22.8 Å². The summed E-state index contributed by atoms with van der Waals surface area (Å²) in [4.78, 5) is 12.4. The van der Waals surface area contributed by atoms with Gasteiger partial charge in [0.15, 0.2) is 0 Å². The van der Waals surface area contributed by atoms with E-state index < -0.39 is 0 Å². The van der Waals surface area contributed by atoms with Gasteiger partial charge in [0.25, 0.3) is 0 Å². The van der Waals surface area contributed by atoms with Crippen molar-refractivity contribution in [1.29, 1.82) is 0 Å². The van der Waals surface area contributed by atoms with Crippen molar-refractivity contribution in [1.82, 2.24) is 20.1 Å². The molecule has 26 heavy (non-hydrogen) atoms. The molecular formula is C19H22N4O3. The number of benzene rings is 1. The summed E-state index contributed by atoms with van der Waals surface area (Å²) in [6.07, 6.45) is 0. The quantitative estimate of drug-likeness (QED) is 0.736. The van der Waals surface area contributed by atoms with Gasteiger partial charge < -0.3 is 19.0 Å². The number of aromatic nitrogens is 3. The van der Waals surface area contributed by atoms with Crippen LogP contribution in [0.5, 0.6) is 5.75 Å². The van der Waals surface area contributed by atoms with Gasteiger partial charge in [-0.05, 0) is 37.6 Å². The van der Waals surface area contributed by atoms with Gasteiger partial charge in [-0.15, -0.1) is 10.2 Å². The molecule has 0 aliphatic rings. The predicted octanol–water partition coefficient (Wildman–Crippen LogP) is 2.79. The Morgan fingerprint density at radius 3 is 2.73 bits per heavy atom. The Morgan fingerprint density at radius 1 is 1.23 bits per heavy atom. The summed E-state index contributed by atoms with van der Waals surface area (Å²) >= 11 is 0. The summed E-state index contributed by atoms with van der Waals surface area (Å²) in [6, 6.07) is 9.59. The summed E-state index contributed by atoms with van der Waals surface area (Å²) in [5.74, 6) is 1.69. The molecule has 7 heteroatoms. The van der Waals surface area contributed by atoms with E-state index in [-0.39, 0.29) is 12.5 Å². The fraction of sp³-hybridized carbons (Fsp3) is 0.316. The van der Waals surface area contributed by atoms with Gasteiger partial charge in [0.1, 0.15) is 12.3 Å². The number of nitrogens with one attached hydrogen (secondary N) is 1. The number of rotatable bonds is 6. The van der Waals surface area contributed by atoms with Crippen LogP contribution in [-0.4, -0.2) is 27.8 Å². The lowest BCUT2D eigenvalue weighted by Crippen LogP contribution is -2.27. The van der Waals surface area contributed by atoms with Crippen molar-refractivity contribution in [3.8, 4) is 17.2 Å². The second-order valence-electron chi connectivity index (χ2n) is 6.13. The number of methoxy groups -OCH3 is 1. The minimum absolute atomic E-state index is 0.0668. The van der Waals surface area contributed by atoms with Crippen molar-refractivity contribution < 1.29 is 13.9 Å². The van der Waals surface area contributed by atoms with E-state index in [0.717, 1.165) is 28.3 Å². The lowest BCUT2D eigenvalue weighted by molar-refractivity contribution is -0.121. The predicted molar refractivity (Wildman–Crippen MR) is 96.8 cm³/mol. The first-order chi connectivity index (χ1) is 12.5. The molecule has 0 fully saturated rings. The number of carbonyl (C=O) groups excluding carboxylic acids is 1. The summed E-state index contributed by atoms with van der Waals surface area (Å²) in [5, 5.41) is 10.9. The Bertz CT molecular complexity index is 927. The molecule has 3 rings (SSSR count). The molecule has 0 unspecified atom stereocenters. The first-order valence-electron chi connectivity index (χ1n) is 8.34. The molecule has 0 atom stereocenters. The van der Waals surface area contributed by atoms with Crippen LogP contribution >= 0.6 is 0 Å². The van der Waals surface area contributed by atoms with Crippen molar-refractivity contribution >= 4 is 5.91 Å². The maximum absolute atomic E-state index is 12.4. The molecule has 0 saturated carbocycles. The van der Waals surface area contributed by atoms with Gasteiger partial charge >= 0.3 is 0 Å². The maximum Gasteiger partial charge on any atom is 0.249 e. The van der Waals surface area contributed by atoms with E-state index in [1.807, 2.05) is 48.7 Å². The molecule has 0 spiro atoms. The van der Waals surface area contributed by atoms with Crippen LogP contribution in [0.25, 0.3) is 11.5 Å². The Morgan fingerprint density at radius 2 is 2.04 bits per heavy atom. The average Bonchev–Trinajstić information content (AvgIpc) is 3.18. The third-order valence-electron chi connectivity index (χ3n) is 4.26. The van der Waals surface area contributed by atoms with E-state index in [4.69, 9.17) is 9.15 Å². The highest BCUT2D eigenvalue weighted by atomic mass is 16.5. The second kappa shape index (κ2) is 7.43. The highest BCUT2D eigenvalue weighted by Gasteiger charge is 2.17. The molecule has 7 nitrogen and oxygen atoms in total. The number of carbonyl (C=O) groups is 1. The maximum atomic E-state index is 12.4. The van der Waals surface area contributed by atoms with E-state index in [2.05, 4.69) is 15.5 Å².